The predicted octanol–water partition coefficient (Wildman–Crippen LogP) is 2.48. The largest absolute Gasteiger partial charge is 0.298 e. The quantitative estimate of drug-likeness (QED) is 0.603. The summed E-state index contributed by atoms with van der Waals surface area (Å²) < 4.78 is 0. The van der Waals surface area contributed by atoms with Crippen molar-refractivity contribution in [1.82, 2.24) is 4.90 Å². The van der Waals surface area contributed by atoms with E-state index in [1.165, 1.54) is 38.8 Å². The van der Waals surface area contributed by atoms with Gasteiger partial charge >= 0.3 is 0 Å². The lowest BCUT2D eigenvalue weighted by molar-refractivity contribution is 0.152. The van der Waals surface area contributed by atoms with Crippen LogP contribution >= 0.6 is 0 Å². The van der Waals surface area contributed by atoms with Crippen LogP contribution < -0.4 is 0 Å². The highest BCUT2D eigenvalue weighted by Crippen LogP contribution is 2.26. The highest BCUT2D eigenvalue weighted by Gasteiger charge is 2.29. The highest BCUT2D eigenvalue weighted by molar-refractivity contribution is 4.92. The fourth-order valence-corrected chi connectivity index (χ4v) is 1.89. The third kappa shape index (κ3) is 1.76. The zero-order chi connectivity index (χ0) is 8.32. The molecule has 1 heteroatoms. The van der Waals surface area contributed by atoms with E-state index >= 15 is 0 Å². The molecule has 65 valence electrons. The Morgan fingerprint density at radius 2 is 1.64 bits per heavy atom. The van der Waals surface area contributed by atoms with Gasteiger partial charge in [0, 0.05) is 5.54 Å². The van der Waals surface area contributed by atoms with Crippen molar-refractivity contribution in [1.29, 1.82) is 0 Å². The van der Waals surface area contributed by atoms with Gasteiger partial charge in [0.25, 0.3) is 0 Å². The number of hydrogen-bond donors (Lipinski definition) is 0. The van der Waals surface area contributed by atoms with E-state index in [0.717, 1.165) is 0 Å². The second kappa shape index (κ2) is 3.57. The van der Waals surface area contributed by atoms with E-state index in [1.54, 1.807) is 0 Å². The summed E-state index contributed by atoms with van der Waals surface area (Å²) in [6, 6.07) is 0. The van der Waals surface area contributed by atoms with Crippen LogP contribution in [0.3, 0.4) is 0 Å². The Morgan fingerprint density at radius 1 is 1.18 bits per heavy atom. The van der Waals surface area contributed by atoms with Gasteiger partial charge in [0.1, 0.15) is 0 Å². The normalized spacial score (nSPS) is 21.0. The van der Waals surface area contributed by atoms with Gasteiger partial charge in [-0.05, 0) is 45.7 Å². The Balaban J connectivity index is 2.52. The molecule has 0 aromatic heterocycles. The lowest BCUT2D eigenvalue weighted by Crippen LogP contribution is -2.43. The minimum absolute atomic E-state index is 0.247. The van der Waals surface area contributed by atoms with Crippen molar-refractivity contribution in [2.24, 2.45) is 0 Å². The Morgan fingerprint density at radius 3 is 2.00 bits per heavy atom. The van der Waals surface area contributed by atoms with Crippen molar-refractivity contribution in [2.75, 3.05) is 13.1 Å². The average molecular weight is 154 g/mol. The molecular weight excluding hydrogens is 134 g/mol. The molecule has 0 aromatic rings. The number of rotatable bonds is 3. The highest BCUT2D eigenvalue weighted by atomic mass is 15.2. The van der Waals surface area contributed by atoms with Crippen LogP contribution in [-0.2, 0) is 0 Å². The van der Waals surface area contributed by atoms with Crippen LogP contribution in [0.1, 0.15) is 39.5 Å². The minimum atomic E-state index is 0.247. The van der Waals surface area contributed by atoms with Gasteiger partial charge in [0.05, 0.1) is 0 Å². The summed E-state index contributed by atoms with van der Waals surface area (Å²) in [5, 5.41) is 0. The van der Waals surface area contributed by atoms with Crippen molar-refractivity contribution in [2.45, 2.75) is 45.1 Å². The zero-order valence-corrected chi connectivity index (χ0v) is 7.90. The first kappa shape index (κ1) is 9.05. The topological polar surface area (TPSA) is 3.24 Å². The van der Waals surface area contributed by atoms with Crippen LogP contribution in [0.15, 0.2) is 0 Å². The molecule has 1 aliphatic heterocycles. The van der Waals surface area contributed by atoms with E-state index in [0.29, 0.717) is 0 Å². The molecule has 1 rings (SSSR count). The standard InChI is InChI=1S/C10H20N/c1-4-10(3,5-2)11-8-6-7-9-11/h3-9H2,1-2H3. The molecule has 1 heterocycles. The lowest BCUT2D eigenvalue weighted by Gasteiger charge is -2.37. The number of nitrogens with zero attached hydrogens (tertiary/aromatic N) is 1. The van der Waals surface area contributed by atoms with E-state index in [9.17, 15) is 0 Å². The third-order valence-electron chi connectivity index (χ3n) is 3.09. The van der Waals surface area contributed by atoms with Crippen molar-refractivity contribution >= 4 is 0 Å². The summed E-state index contributed by atoms with van der Waals surface area (Å²) in [5.74, 6) is 0. The molecule has 0 aromatic carbocycles. The molecule has 0 unspecified atom stereocenters. The Bertz CT molecular complexity index is 110. The smallest absolute Gasteiger partial charge is 0.0205 e. The van der Waals surface area contributed by atoms with E-state index < -0.39 is 0 Å². The van der Waals surface area contributed by atoms with Gasteiger partial charge < -0.3 is 0 Å². The summed E-state index contributed by atoms with van der Waals surface area (Å²) in [6.45, 7) is 11.3. The van der Waals surface area contributed by atoms with Crippen LogP contribution in [0.2, 0.25) is 0 Å². The molecule has 1 nitrogen and oxygen atoms in total. The second-order valence-electron chi connectivity index (χ2n) is 3.63. The summed E-state index contributed by atoms with van der Waals surface area (Å²) in [7, 11) is 0. The van der Waals surface area contributed by atoms with Crippen molar-refractivity contribution in [3.63, 3.8) is 0 Å². The van der Waals surface area contributed by atoms with Crippen LogP contribution in [0.4, 0.5) is 0 Å². The Kier molecular flexibility index (Phi) is 2.94. The first-order valence-electron chi connectivity index (χ1n) is 4.83. The molecule has 0 saturated carbocycles. The van der Waals surface area contributed by atoms with Gasteiger partial charge in [-0.25, -0.2) is 0 Å². The van der Waals surface area contributed by atoms with Gasteiger partial charge in [-0.15, -0.1) is 0 Å². The molecule has 1 saturated heterocycles. The first-order valence-corrected chi connectivity index (χ1v) is 4.83. The van der Waals surface area contributed by atoms with Gasteiger partial charge in [-0.3, -0.25) is 4.90 Å². The maximum absolute atomic E-state index is 4.31. The second-order valence-corrected chi connectivity index (χ2v) is 3.63. The maximum Gasteiger partial charge on any atom is 0.0205 e. The SMILES string of the molecule is [CH2]C(CC)(CC)N1CCCC1. The van der Waals surface area contributed by atoms with Crippen LogP contribution in [0, 0.1) is 6.92 Å². The van der Waals surface area contributed by atoms with Crippen molar-refractivity contribution in [3.8, 4) is 0 Å². The minimum Gasteiger partial charge on any atom is -0.298 e. The molecule has 1 aliphatic rings. The van der Waals surface area contributed by atoms with Gasteiger partial charge in [-0.1, -0.05) is 13.8 Å². The molecule has 1 radical (unpaired) electrons. The molecule has 0 aliphatic carbocycles. The van der Waals surface area contributed by atoms with E-state index in [4.69, 9.17) is 0 Å². The van der Waals surface area contributed by atoms with E-state index in [-0.39, 0.29) is 5.54 Å². The summed E-state index contributed by atoms with van der Waals surface area (Å²) in [5.41, 5.74) is 0.247. The molecule has 0 amide bonds. The Labute approximate surface area is 70.8 Å². The van der Waals surface area contributed by atoms with Crippen LogP contribution in [0.25, 0.3) is 0 Å². The lowest BCUT2D eigenvalue weighted by atomic mass is 9.94. The fraction of sp³-hybridized carbons (Fsp3) is 0.900. The summed E-state index contributed by atoms with van der Waals surface area (Å²) >= 11 is 0. The summed E-state index contributed by atoms with van der Waals surface area (Å²) in [4.78, 5) is 2.55. The fourth-order valence-electron chi connectivity index (χ4n) is 1.89. The van der Waals surface area contributed by atoms with Crippen LogP contribution in [-0.4, -0.2) is 23.5 Å². The predicted molar refractivity (Wildman–Crippen MR) is 49.5 cm³/mol. The molecule has 0 spiro atoms. The molecule has 11 heavy (non-hydrogen) atoms. The van der Waals surface area contributed by atoms with E-state index in [2.05, 4.69) is 25.7 Å². The first-order chi connectivity index (χ1) is 5.23. The monoisotopic (exact) mass is 154 g/mol. The molecule has 0 bridgehead atoms. The molecular formula is C10H20N. The van der Waals surface area contributed by atoms with Crippen molar-refractivity contribution in [3.05, 3.63) is 6.92 Å². The molecule has 1 fully saturated rings. The third-order valence-corrected chi connectivity index (χ3v) is 3.09. The summed E-state index contributed by atoms with van der Waals surface area (Å²) in [6.07, 6.45) is 5.11. The maximum atomic E-state index is 4.31. The van der Waals surface area contributed by atoms with Gasteiger partial charge in [0.2, 0.25) is 0 Å². The van der Waals surface area contributed by atoms with Crippen molar-refractivity contribution < 1.29 is 0 Å². The zero-order valence-electron chi connectivity index (χ0n) is 7.90. The Hall–Kier alpha value is -0.0400. The number of likely N-dealkylation sites (tertiary alicyclic amines) is 1. The van der Waals surface area contributed by atoms with Gasteiger partial charge in [-0.2, -0.15) is 0 Å². The average Bonchev–Trinajstić information content (AvgIpc) is 2.55. The molecule has 0 atom stereocenters. The molecule has 0 N–H and O–H groups in total. The number of hydrogen-bond acceptors (Lipinski definition) is 1. The van der Waals surface area contributed by atoms with E-state index in [1.807, 2.05) is 0 Å². The van der Waals surface area contributed by atoms with Gasteiger partial charge in [0.15, 0.2) is 0 Å². The van der Waals surface area contributed by atoms with Crippen LogP contribution in [0.5, 0.6) is 0 Å².